The highest BCUT2D eigenvalue weighted by atomic mass is 16.2. The average molecular weight is 225 g/mol. The van der Waals surface area contributed by atoms with Crippen molar-refractivity contribution in [2.75, 3.05) is 26.2 Å². The molecular weight excluding hydrogens is 202 g/mol. The van der Waals surface area contributed by atoms with Crippen molar-refractivity contribution in [2.45, 2.75) is 26.3 Å². The molecule has 0 aromatic rings. The number of piperidine rings is 1. The number of nitrogens with two attached hydrogens (primary N) is 1. The number of nitrogens with zero attached hydrogens (tertiary/aromatic N) is 1. The van der Waals surface area contributed by atoms with E-state index < -0.39 is 0 Å². The Morgan fingerprint density at radius 2 is 2.38 bits per heavy atom. The zero-order chi connectivity index (χ0) is 12.2. The molecule has 1 atom stereocenters. The summed E-state index contributed by atoms with van der Waals surface area (Å²) >= 11 is 0. The predicted octanol–water partition coefficient (Wildman–Crippen LogP) is 0.348. The van der Waals surface area contributed by atoms with Crippen molar-refractivity contribution in [1.29, 1.82) is 0 Å². The summed E-state index contributed by atoms with van der Waals surface area (Å²) in [4.78, 5) is 13.7. The van der Waals surface area contributed by atoms with Gasteiger partial charge in [-0.1, -0.05) is 19.9 Å². The van der Waals surface area contributed by atoms with Crippen molar-refractivity contribution in [3.63, 3.8) is 0 Å². The van der Waals surface area contributed by atoms with Crippen LogP contribution in [0.25, 0.3) is 0 Å². The summed E-state index contributed by atoms with van der Waals surface area (Å²) in [6.07, 6.45) is 2.65. The SMILES string of the molecule is C=CCNC(=O)CN1CCC(N)C(C)(C)C1. The van der Waals surface area contributed by atoms with E-state index in [0.717, 1.165) is 19.5 Å². The highest BCUT2D eigenvalue weighted by Gasteiger charge is 2.33. The van der Waals surface area contributed by atoms with Gasteiger partial charge in [0.05, 0.1) is 6.54 Å². The fourth-order valence-corrected chi connectivity index (χ4v) is 2.06. The minimum atomic E-state index is 0.0613. The van der Waals surface area contributed by atoms with Gasteiger partial charge in [0.1, 0.15) is 0 Å². The second kappa shape index (κ2) is 5.46. The van der Waals surface area contributed by atoms with Crippen LogP contribution in [0.2, 0.25) is 0 Å². The molecule has 92 valence electrons. The van der Waals surface area contributed by atoms with Gasteiger partial charge in [0, 0.05) is 25.7 Å². The maximum absolute atomic E-state index is 11.5. The van der Waals surface area contributed by atoms with Crippen LogP contribution in [-0.4, -0.2) is 43.0 Å². The van der Waals surface area contributed by atoms with Crippen molar-refractivity contribution < 1.29 is 4.79 Å². The third kappa shape index (κ3) is 3.61. The molecule has 1 aliphatic rings. The van der Waals surface area contributed by atoms with E-state index in [-0.39, 0.29) is 17.4 Å². The van der Waals surface area contributed by atoms with E-state index in [2.05, 4.69) is 30.6 Å². The Labute approximate surface area is 97.9 Å². The van der Waals surface area contributed by atoms with Gasteiger partial charge in [-0.25, -0.2) is 0 Å². The Hall–Kier alpha value is -0.870. The number of hydrogen-bond acceptors (Lipinski definition) is 3. The van der Waals surface area contributed by atoms with Crippen LogP contribution in [0.5, 0.6) is 0 Å². The fraction of sp³-hybridized carbons (Fsp3) is 0.750. The molecule has 1 fully saturated rings. The Kier molecular flexibility index (Phi) is 4.50. The zero-order valence-corrected chi connectivity index (χ0v) is 10.3. The summed E-state index contributed by atoms with van der Waals surface area (Å²) in [5.74, 6) is 0.0613. The normalized spacial score (nSPS) is 25.1. The van der Waals surface area contributed by atoms with Gasteiger partial charge in [-0.3, -0.25) is 9.69 Å². The Bertz CT molecular complexity index is 263. The van der Waals surface area contributed by atoms with Crippen LogP contribution < -0.4 is 11.1 Å². The second-order valence-corrected chi connectivity index (χ2v) is 5.19. The molecule has 4 heteroatoms. The summed E-state index contributed by atoms with van der Waals surface area (Å²) < 4.78 is 0. The lowest BCUT2D eigenvalue weighted by Crippen LogP contribution is -2.54. The average Bonchev–Trinajstić information content (AvgIpc) is 2.20. The van der Waals surface area contributed by atoms with Gasteiger partial charge < -0.3 is 11.1 Å². The van der Waals surface area contributed by atoms with Crippen LogP contribution in [0, 0.1) is 5.41 Å². The Morgan fingerprint density at radius 3 is 2.94 bits per heavy atom. The third-order valence-corrected chi connectivity index (χ3v) is 3.20. The molecule has 0 aliphatic carbocycles. The van der Waals surface area contributed by atoms with Gasteiger partial charge >= 0.3 is 0 Å². The molecule has 1 heterocycles. The maximum Gasteiger partial charge on any atom is 0.234 e. The van der Waals surface area contributed by atoms with Crippen molar-refractivity contribution >= 4 is 5.91 Å². The number of nitrogens with one attached hydrogen (secondary N) is 1. The first-order valence-corrected chi connectivity index (χ1v) is 5.81. The highest BCUT2D eigenvalue weighted by Crippen LogP contribution is 2.27. The van der Waals surface area contributed by atoms with Gasteiger partial charge in [0.25, 0.3) is 0 Å². The number of hydrogen-bond donors (Lipinski definition) is 2. The van der Waals surface area contributed by atoms with Crippen LogP contribution in [-0.2, 0) is 4.79 Å². The minimum absolute atomic E-state index is 0.0613. The van der Waals surface area contributed by atoms with E-state index >= 15 is 0 Å². The largest absolute Gasteiger partial charge is 0.352 e. The lowest BCUT2D eigenvalue weighted by atomic mass is 9.80. The van der Waals surface area contributed by atoms with E-state index in [4.69, 9.17) is 5.73 Å². The second-order valence-electron chi connectivity index (χ2n) is 5.19. The molecule has 0 spiro atoms. The number of likely N-dealkylation sites (tertiary alicyclic amines) is 1. The molecule has 0 saturated carbocycles. The smallest absolute Gasteiger partial charge is 0.234 e. The molecule has 0 aromatic carbocycles. The van der Waals surface area contributed by atoms with E-state index in [1.807, 2.05) is 0 Å². The topological polar surface area (TPSA) is 58.4 Å². The van der Waals surface area contributed by atoms with Gasteiger partial charge in [-0.05, 0) is 11.8 Å². The van der Waals surface area contributed by atoms with Crippen LogP contribution >= 0.6 is 0 Å². The molecule has 1 saturated heterocycles. The summed E-state index contributed by atoms with van der Waals surface area (Å²) in [6, 6.07) is 0.236. The van der Waals surface area contributed by atoms with Crippen molar-refractivity contribution in [3.8, 4) is 0 Å². The molecule has 4 nitrogen and oxygen atoms in total. The Balaban J connectivity index is 2.39. The fourth-order valence-electron chi connectivity index (χ4n) is 2.06. The van der Waals surface area contributed by atoms with E-state index in [9.17, 15) is 4.79 Å². The molecule has 1 amide bonds. The highest BCUT2D eigenvalue weighted by molar-refractivity contribution is 5.78. The summed E-state index contributed by atoms with van der Waals surface area (Å²) in [6.45, 7) is 10.7. The van der Waals surface area contributed by atoms with Crippen LogP contribution in [0.15, 0.2) is 12.7 Å². The molecule has 1 unspecified atom stereocenters. The standard InChI is InChI=1S/C12H23N3O/c1-4-6-14-11(16)8-15-7-5-10(13)12(2,3)9-15/h4,10H,1,5-9,13H2,2-3H3,(H,14,16). The number of carbonyl (C=O) groups is 1. The molecule has 0 radical (unpaired) electrons. The Morgan fingerprint density at radius 1 is 1.69 bits per heavy atom. The van der Waals surface area contributed by atoms with E-state index in [1.165, 1.54) is 0 Å². The van der Waals surface area contributed by atoms with Crippen LogP contribution in [0.4, 0.5) is 0 Å². The quantitative estimate of drug-likeness (QED) is 0.679. The van der Waals surface area contributed by atoms with Gasteiger partial charge in [-0.2, -0.15) is 0 Å². The molecule has 1 aliphatic heterocycles. The van der Waals surface area contributed by atoms with Gasteiger partial charge in [0.2, 0.25) is 5.91 Å². The van der Waals surface area contributed by atoms with Crippen molar-refractivity contribution in [1.82, 2.24) is 10.2 Å². The maximum atomic E-state index is 11.5. The minimum Gasteiger partial charge on any atom is -0.352 e. The predicted molar refractivity (Wildman–Crippen MR) is 66.0 cm³/mol. The monoisotopic (exact) mass is 225 g/mol. The molecule has 1 rings (SSSR count). The zero-order valence-electron chi connectivity index (χ0n) is 10.3. The lowest BCUT2D eigenvalue weighted by molar-refractivity contribution is -0.122. The third-order valence-electron chi connectivity index (χ3n) is 3.20. The molecule has 3 N–H and O–H groups in total. The molecular formula is C12H23N3O. The number of rotatable bonds is 4. The molecule has 0 aromatic heterocycles. The van der Waals surface area contributed by atoms with Crippen LogP contribution in [0.1, 0.15) is 20.3 Å². The first-order valence-electron chi connectivity index (χ1n) is 5.81. The van der Waals surface area contributed by atoms with E-state index in [0.29, 0.717) is 13.1 Å². The number of carbonyl (C=O) groups excluding carboxylic acids is 1. The summed E-state index contributed by atoms with van der Waals surface area (Å²) in [5, 5.41) is 2.79. The molecule has 16 heavy (non-hydrogen) atoms. The summed E-state index contributed by atoms with van der Waals surface area (Å²) in [5.41, 5.74) is 6.14. The van der Waals surface area contributed by atoms with Gasteiger partial charge in [0.15, 0.2) is 0 Å². The first kappa shape index (κ1) is 13.2. The summed E-state index contributed by atoms with van der Waals surface area (Å²) in [7, 11) is 0. The first-order chi connectivity index (χ1) is 7.45. The lowest BCUT2D eigenvalue weighted by Gasteiger charge is -2.42. The van der Waals surface area contributed by atoms with Crippen molar-refractivity contribution in [3.05, 3.63) is 12.7 Å². The van der Waals surface area contributed by atoms with Crippen molar-refractivity contribution in [2.24, 2.45) is 11.1 Å². The molecule has 0 bridgehead atoms. The van der Waals surface area contributed by atoms with Gasteiger partial charge in [-0.15, -0.1) is 6.58 Å². The number of amides is 1. The van der Waals surface area contributed by atoms with Crippen LogP contribution in [0.3, 0.4) is 0 Å². The van der Waals surface area contributed by atoms with E-state index in [1.54, 1.807) is 6.08 Å².